The quantitative estimate of drug-likeness (QED) is 0.503. The van der Waals surface area contributed by atoms with Gasteiger partial charge in [-0.1, -0.05) is 52.7 Å². The van der Waals surface area contributed by atoms with E-state index in [0.29, 0.717) is 0 Å². The Morgan fingerprint density at radius 1 is 1.24 bits per heavy atom. The summed E-state index contributed by atoms with van der Waals surface area (Å²) >= 11 is 12.3. The predicted octanol–water partition coefficient (Wildman–Crippen LogP) is 5.99. The molecule has 1 atom stereocenters. The van der Waals surface area contributed by atoms with Crippen molar-refractivity contribution in [2.45, 2.75) is 25.8 Å². The van der Waals surface area contributed by atoms with Gasteiger partial charge in [-0.05, 0) is 77.4 Å². The second-order valence-electron chi connectivity index (χ2n) is 4.97. The summed E-state index contributed by atoms with van der Waals surface area (Å²) < 4.78 is 2.39. The van der Waals surface area contributed by atoms with Crippen molar-refractivity contribution in [1.82, 2.24) is 5.32 Å². The van der Waals surface area contributed by atoms with Gasteiger partial charge >= 0.3 is 0 Å². The van der Waals surface area contributed by atoms with Crippen LogP contribution in [0.3, 0.4) is 0 Å². The molecule has 0 spiro atoms. The Morgan fingerprint density at radius 3 is 2.71 bits per heavy atom. The van der Waals surface area contributed by atoms with Gasteiger partial charge in [0.25, 0.3) is 0 Å². The van der Waals surface area contributed by atoms with E-state index in [0.717, 1.165) is 28.9 Å². The molecule has 1 unspecified atom stereocenters. The Labute approximate surface area is 153 Å². The van der Waals surface area contributed by atoms with Crippen LogP contribution < -0.4 is 5.32 Å². The topological polar surface area (TPSA) is 12.0 Å². The van der Waals surface area contributed by atoms with Crippen LogP contribution in [-0.2, 0) is 6.42 Å². The molecule has 4 heteroatoms. The number of nitrogens with one attached hydrogen (secondary N) is 1. The van der Waals surface area contributed by atoms with Crippen LogP contribution in [0.25, 0.3) is 0 Å². The fourth-order valence-corrected chi connectivity index (χ4v) is 3.58. The standard InChI is InChI=1S/C17H18BrClIN/c1-2-9-21-17(10-12-5-3-4-6-15(12)19)14-11-13(18)7-8-16(14)20/h3-8,11,17,21H,2,9-10H2,1H3. The van der Waals surface area contributed by atoms with Gasteiger partial charge < -0.3 is 5.32 Å². The molecule has 112 valence electrons. The number of benzene rings is 2. The van der Waals surface area contributed by atoms with Crippen LogP contribution in [0.1, 0.15) is 30.5 Å². The molecule has 1 nitrogen and oxygen atoms in total. The van der Waals surface area contributed by atoms with Crippen molar-refractivity contribution in [3.8, 4) is 0 Å². The maximum Gasteiger partial charge on any atom is 0.0438 e. The van der Waals surface area contributed by atoms with Crippen LogP contribution in [0.4, 0.5) is 0 Å². The number of hydrogen-bond acceptors (Lipinski definition) is 1. The predicted molar refractivity (Wildman–Crippen MR) is 103 cm³/mol. The third-order valence-electron chi connectivity index (χ3n) is 3.36. The highest BCUT2D eigenvalue weighted by Crippen LogP contribution is 2.28. The largest absolute Gasteiger partial charge is 0.310 e. The molecule has 0 fully saturated rings. The molecule has 1 N–H and O–H groups in total. The molecule has 0 aliphatic rings. The highest BCUT2D eigenvalue weighted by Gasteiger charge is 2.16. The van der Waals surface area contributed by atoms with Gasteiger partial charge in [0.05, 0.1) is 0 Å². The number of rotatable bonds is 6. The molecule has 21 heavy (non-hydrogen) atoms. The van der Waals surface area contributed by atoms with E-state index in [1.165, 1.54) is 14.7 Å². The van der Waals surface area contributed by atoms with E-state index < -0.39 is 0 Å². The van der Waals surface area contributed by atoms with E-state index in [1.54, 1.807) is 0 Å². The first-order valence-corrected chi connectivity index (χ1v) is 9.28. The zero-order valence-corrected chi connectivity index (χ0v) is 16.4. The summed E-state index contributed by atoms with van der Waals surface area (Å²) in [4.78, 5) is 0. The smallest absolute Gasteiger partial charge is 0.0438 e. The van der Waals surface area contributed by atoms with Crippen molar-refractivity contribution < 1.29 is 0 Å². The van der Waals surface area contributed by atoms with Crippen LogP contribution in [0.2, 0.25) is 5.02 Å². The Bertz CT molecular complexity index is 603. The molecule has 0 aliphatic carbocycles. The van der Waals surface area contributed by atoms with Crippen LogP contribution >= 0.6 is 50.1 Å². The first-order chi connectivity index (χ1) is 10.1. The van der Waals surface area contributed by atoms with Crippen molar-refractivity contribution in [1.29, 1.82) is 0 Å². The van der Waals surface area contributed by atoms with E-state index in [9.17, 15) is 0 Å². The zero-order chi connectivity index (χ0) is 15.2. The van der Waals surface area contributed by atoms with Crippen molar-refractivity contribution in [2.75, 3.05) is 6.54 Å². The number of halogens is 3. The molecule has 0 amide bonds. The van der Waals surface area contributed by atoms with Gasteiger partial charge in [0.1, 0.15) is 0 Å². The summed E-state index contributed by atoms with van der Waals surface area (Å²) in [7, 11) is 0. The molecule has 0 heterocycles. The van der Waals surface area contributed by atoms with Gasteiger partial charge in [0.2, 0.25) is 0 Å². The third-order valence-corrected chi connectivity index (χ3v) is 5.20. The zero-order valence-electron chi connectivity index (χ0n) is 11.9. The van der Waals surface area contributed by atoms with Crippen LogP contribution in [0.15, 0.2) is 46.9 Å². The third kappa shape index (κ3) is 4.95. The van der Waals surface area contributed by atoms with Gasteiger partial charge in [-0.15, -0.1) is 0 Å². The van der Waals surface area contributed by atoms with Gasteiger partial charge in [-0.2, -0.15) is 0 Å². The SMILES string of the molecule is CCCNC(Cc1ccccc1Cl)c1cc(Br)ccc1I. The van der Waals surface area contributed by atoms with Crippen molar-refractivity contribution in [2.24, 2.45) is 0 Å². The molecule has 0 bridgehead atoms. The van der Waals surface area contributed by atoms with Gasteiger partial charge in [0.15, 0.2) is 0 Å². The molecular formula is C17H18BrClIN. The summed E-state index contributed by atoms with van der Waals surface area (Å²) in [5.74, 6) is 0. The lowest BCUT2D eigenvalue weighted by molar-refractivity contribution is 0.527. The normalized spacial score (nSPS) is 12.4. The Kier molecular flexibility index (Phi) is 6.99. The minimum absolute atomic E-state index is 0.272. The maximum atomic E-state index is 6.32. The fourth-order valence-electron chi connectivity index (χ4n) is 2.28. The molecule has 2 aromatic rings. The van der Waals surface area contributed by atoms with E-state index >= 15 is 0 Å². The first-order valence-electron chi connectivity index (χ1n) is 7.03. The first kappa shape index (κ1) is 17.3. The van der Waals surface area contributed by atoms with Gasteiger partial charge in [-0.25, -0.2) is 0 Å². The van der Waals surface area contributed by atoms with Crippen LogP contribution in [0.5, 0.6) is 0 Å². The fraction of sp³-hybridized carbons (Fsp3) is 0.294. The molecule has 0 saturated heterocycles. The number of hydrogen-bond donors (Lipinski definition) is 1. The van der Waals surface area contributed by atoms with E-state index in [2.05, 4.69) is 75.0 Å². The summed E-state index contributed by atoms with van der Waals surface area (Å²) in [6.45, 7) is 3.18. The van der Waals surface area contributed by atoms with Gasteiger partial charge in [0, 0.05) is 19.1 Å². The minimum atomic E-state index is 0.272. The Hall–Kier alpha value is -0.100. The highest BCUT2D eigenvalue weighted by atomic mass is 127. The lowest BCUT2D eigenvalue weighted by atomic mass is 9.98. The summed E-state index contributed by atoms with van der Waals surface area (Å²) in [6, 6.07) is 14.8. The molecule has 0 radical (unpaired) electrons. The second-order valence-corrected chi connectivity index (χ2v) is 7.45. The lowest BCUT2D eigenvalue weighted by Gasteiger charge is -2.21. The van der Waals surface area contributed by atoms with E-state index in [1.807, 2.05) is 18.2 Å². The van der Waals surface area contributed by atoms with Crippen molar-refractivity contribution in [3.05, 3.63) is 66.7 Å². The summed E-state index contributed by atoms with van der Waals surface area (Å²) in [5.41, 5.74) is 2.50. The lowest BCUT2D eigenvalue weighted by Crippen LogP contribution is -2.25. The Morgan fingerprint density at radius 2 is 2.00 bits per heavy atom. The maximum absolute atomic E-state index is 6.32. The molecule has 0 saturated carbocycles. The van der Waals surface area contributed by atoms with Gasteiger partial charge in [-0.3, -0.25) is 0 Å². The van der Waals surface area contributed by atoms with Crippen LogP contribution in [0, 0.1) is 3.57 Å². The molecular weight excluding hydrogens is 460 g/mol. The molecule has 0 aliphatic heterocycles. The summed E-state index contributed by atoms with van der Waals surface area (Å²) in [6.07, 6.45) is 2.01. The Balaban J connectivity index is 2.30. The monoisotopic (exact) mass is 477 g/mol. The van der Waals surface area contributed by atoms with E-state index in [4.69, 9.17) is 11.6 Å². The van der Waals surface area contributed by atoms with Crippen molar-refractivity contribution >= 4 is 50.1 Å². The molecule has 2 rings (SSSR count). The average Bonchev–Trinajstić information content (AvgIpc) is 2.48. The molecule has 2 aromatic carbocycles. The molecule has 0 aromatic heterocycles. The average molecular weight is 479 g/mol. The summed E-state index contributed by atoms with van der Waals surface area (Å²) in [5, 5.41) is 4.48. The second kappa shape index (κ2) is 8.51. The van der Waals surface area contributed by atoms with Crippen LogP contribution in [-0.4, -0.2) is 6.54 Å². The van der Waals surface area contributed by atoms with Crippen molar-refractivity contribution in [3.63, 3.8) is 0 Å². The highest BCUT2D eigenvalue weighted by molar-refractivity contribution is 14.1. The van der Waals surface area contributed by atoms with E-state index in [-0.39, 0.29) is 6.04 Å². The minimum Gasteiger partial charge on any atom is -0.310 e.